The lowest BCUT2D eigenvalue weighted by Gasteiger charge is -2.26. The molecule has 0 fully saturated rings. The van der Waals surface area contributed by atoms with Crippen LogP contribution >= 0.6 is 0 Å². The summed E-state index contributed by atoms with van der Waals surface area (Å²) in [4.78, 5) is 4.30. The van der Waals surface area contributed by atoms with E-state index in [1.54, 1.807) is 13.4 Å². The first-order valence-corrected chi connectivity index (χ1v) is 5.44. The predicted molar refractivity (Wildman–Crippen MR) is 56.5 cm³/mol. The van der Waals surface area contributed by atoms with Crippen LogP contribution in [0.1, 0.15) is 31.6 Å². The third-order valence-corrected chi connectivity index (χ3v) is 2.72. The van der Waals surface area contributed by atoms with Gasteiger partial charge >= 0.3 is 0 Å². The Morgan fingerprint density at radius 2 is 2.60 bits per heavy atom. The fraction of sp³-hybridized carbons (Fsp3) is 0.800. The standard InChI is InChI=1S/C10H18N4O/c1-8(6-15-2)13-9-4-3-5-14-10(9)11-7-12-14/h7-9,13H,3-6H2,1-2H3. The van der Waals surface area contributed by atoms with Gasteiger partial charge in [-0.3, -0.25) is 0 Å². The summed E-state index contributed by atoms with van der Waals surface area (Å²) in [7, 11) is 1.72. The van der Waals surface area contributed by atoms with Crippen molar-refractivity contribution >= 4 is 0 Å². The summed E-state index contributed by atoms with van der Waals surface area (Å²) in [6, 6.07) is 0.676. The lowest BCUT2D eigenvalue weighted by atomic mass is 10.1. The highest BCUT2D eigenvalue weighted by atomic mass is 16.5. The molecular formula is C10H18N4O. The second kappa shape index (κ2) is 4.72. The van der Waals surface area contributed by atoms with Crippen molar-refractivity contribution in [2.24, 2.45) is 0 Å². The number of aryl methyl sites for hydroxylation is 1. The lowest BCUT2D eigenvalue weighted by molar-refractivity contribution is 0.162. The molecule has 2 unspecified atom stereocenters. The van der Waals surface area contributed by atoms with Crippen molar-refractivity contribution in [1.29, 1.82) is 0 Å². The Labute approximate surface area is 89.8 Å². The maximum Gasteiger partial charge on any atom is 0.143 e. The summed E-state index contributed by atoms with van der Waals surface area (Å²) in [6.45, 7) is 3.84. The molecular weight excluding hydrogens is 192 g/mol. The van der Waals surface area contributed by atoms with Crippen molar-refractivity contribution in [3.63, 3.8) is 0 Å². The average Bonchev–Trinajstić information content (AvgIpc) is 2.67. The summed E-state index contributed by atoms with van der Waals surface area (Å²) < 4.78 is 7.10. The minimum Gasteiger partial charge on any atom is -0.383 e. The third-order valence-electron chi connectivity index (χ3n) is 2.72. The number of methoxy groups -OCH3 is 1. The van der Waals surface area contributed by atoms with Crippen molar-refractivity contribution in [3.8, 4) is 0 Å². The highest BCUT2D eigenvalue weighted by Crippen LogP contribution is 2.22. The Morgan fingerprint density at radius 3 is 3.40 bits per heavy atom. The number of hydrogen-bond acceptors (Lipinski definition) is 4. The molecule has 1 aliphatic rings. The van der Waals surface area contributed by atoms with Gasteiger partial charge in [0.25, 0.3) is 0 Å². The van der Waals surface area contributed by atoms with E-state index in [0.29, 0.717) is 12.1 Å². The van der Waals surface area contributed by atoms with Gasteiger partial charge in [0, 0.05) is 19.7 Å². The predicted octanol–water partition coefficient (Wildman–Crippen LogP) is 0.737. The number of nitrogens with zero attached hydrogens (tertiary/aromatic N) is 3. The van der Waals surface area contributed by atoms with E-state index in [4.69, 9.17) is 4.74 Å². The molecule has 5 nitrogen and oxygen atoms in total. The van der Waals surface area contributed by atoms with E-state index in [2.05, 4.69) is 22.3 Å². The lowest BCUT2D eigenvalue weighted by Crippen LogP contribution is -2.37. The van der Waals surface area contributed by atoms with Gasteiger partial charge in [-0.1, -0.05) is 0 Å². The van der Waals surface area contributed by atoms with Crippen LogP contribution in [-0.2, 0) is 11.3 Å². The molecule has 0 amide bonds. The van der Waals surface area contributed by atoms with E-state index in [-0.39, 0.29) is 0 Å². The molecule has 0 saturated heterocycles. The van der Waals surface area contributed by atoms with Gasteiger partial charge in [0.2, 0.25) is 0 Å². The van der Waals surface area contributed by atoms with Gasteiger partial charge in [-0.15, -0.1) is 0 Å². The fourth-order valence-corrected chi connectivity index (χ4v) is 2.09. The molecule has 1 aromatic rings. The molecule has 15 heavy (non-hydrogen) atoms. The molecule has 84 valence electrons. The molecule has 2 atom stereocenters. The number of aromatic nitrogens is 3. The van der Waals surface area contributed by atoms with E-state index in [0.717, 1.165) is 31.8 Å². The number of rotatable bonds is 4. The van der Waals surface area contributed by atoms with Crippen LogP contribution in [-0.4, -0.2) is 34.5 Å². The van der Waals surface area contributed by atoms with Gasteiger partial charge in [0.1, 0.15) is 12.2 Å². The minimum atomic E-state index is 0.325. The molecule has 0 bridgehead atoms. The second-order valence-corrected chi connectivity index (χ2v) is 4.06. The molecule has 2 heterocycles. The summed E-state index contributed by atoms with van der Waals surface area (Å²) in [6.07, 6.45) is 3.93. The Morgan fingerprint density at radius 1 is 1.73 bits per heavy atom. The second-order valence-electron chi connectivity index (χ2n) is 4.06. The average molecular weight is 210 g/mol. The molecule has 0 aromatic carbocycles. The van der Waals surface area contributed by atoms with Crippen LogP contribution in [0, 0.1) is 0 Å². The first-order chi connectivity index (χ1) is 7.31. The highest BCUT2D eigenvalue weighted by Gasteiger charge is 2.23. The molecule has 1 aliphatic heterocycles. The van der Waals surface area contributed by atoms with Crippen LogP contribution < -0.4 is 5.32 Å². The van der Waals surface area contributed by atoms with Crippen LogP contribution in [0.3, 0.4) is 0 Å². The monoisotopic (exact) mass is 210 g/mol. The van der Waals surface area contributed by atoms with Gasteiger partial charge in [-0.05, 0) is 19.8 Å². The van der Waals surface area contributed by atoms with E-state index in [1.807, 2.05) is 4.68 Å². The zero-order chi connectivity index (χ0) is 10.7. The summed E-state index contributed by atoms with van der Waals surface area (Å²) in [5.41, 5.74) is 0. The molecule has 1 N–H and O–H groups in total. The fourth-order valence-electron chi connectivity index (χ4n) is 2.09. The molecule has 0 spiro atoms. The SMILES string of the molecule is COCC(C)NC1CCCn2ncnc21. The van der Waals surface area contributed by atoms with Crippen molar-refractivity contribution in [1.82, 2.24) is 20.1 Å². The van der Waals surface area contributed by atoms with Crippen LogP contribution in [0.4, 0.5) is 0 Å². The van der Waals surface area contributed by atoms with Crippen molar-refractivity contribution in [3.05, 3.63) is 12.2 Å². The van der Waals surface area contributed by atoms with Gasteiger partial charge in [-0.2, -0.15) is 5.10 Å². The Kier molecular flexibility index (Phi) is 3.33. The first-order valence-electron chi connectivity index (χ1n) is 5.44. The van der Waals surface area contributed by atoms with E-state index in [1.165, 1.54) is 0 Å². The van der Waals surface area contributed by atoms with Crippen molar-refractivity contribution in [2.45, 2.75) is 38.4 Å². The first kappa shape index (κ1) is 10.6. The van der Waals surface area contributed by atoms with Gasteiger partial charge in [-0.25, -0.2) is 9.67 Å². The molecule has 2 rings (SSSR count). The Hall–Kier alpha value is -0.940. The van der Waals surface area contributed by atoms with Crippen LogP contribution in [0.5, 0.6) is 0 Å². The molecule has 1 aromatic heterocycles. The third kappa shape index (κ3) is 2.35. The molecule has 0 saturated carbocycles. The maximum atomic E-state index is 5.11. The summed E-state index contributed by atoms with van der Waals surface area (Å²) in [5, 5.41) is 7.71. The minimum absolute atomic E-state index is 0.325. The summed E-state index contributed by atoms with van der Waals surface area (Å²) in [5.74, 6) is 1.06. The number of nitrogens with one attached hydrogen (secondary N) is 1. The van der Waals surface area contributed by atoms with Gasteiger partial charge in [0.05, 0.1) is 12.6 Å². The normalized spacial score (nSPS) is 22.4. The quantitative estimate of drug-likeness (QED) is 0.796. The summed E-state index contributed by atoms with van der Waals surface area (Å²) >= 11 is 0. The van der Waals surface area contributed by atoms with E-state index in [9.17, 15) is 0 Å². The van der Waals surface area contributed by atoms with Crippen molar-refractivity contribution < 1.29 is 4.74 Å². The Balaban J connectivity index is 2.00. The highest BCUT2D eigenvalue weighted by molar-refractivity contribution is 4.98. The largest absolute Gasteiger partial charge is 0.383 e. The zero-order valence-corrected chi connectivity index (χ0v) is 9.31. The number of ether oxygens (including phenoxy) is 1. The number of hydrogen-bond donors (Lipinski definition) is 1. The Bertz CT molecular complexity index is 312. The van der Waals surface area contributed by atoms with Crippen LogP contribution in [0.2, 0.25) is 0 Å². The van der Waals surface area contributed by atoms with Crippen LogP contribution in [0.25, 0.3) is 0 Å². The smallest absolute Gasteiger partial charge is 0.143 e. The molecule has 5 heteroatoms. The van der Waals surface area contributed by atoms with Crippen LogP contribution in [0.15, 0.2) is 6.33 Å². The van der Waals surface area contributed by atoms with Gasteiger partial charge in [0.15, 0.2) is 0 Å². The topological polar surface area (TPSA) is 52.0 Å². The van der Waals surface area contributed by atoms with Crippen molar-refractivity contribution in [2.75, 3.05) is 13.7 Å². The van der Waals surface area contributed by atoms with E-state index < -0.39 is 0 Å². The zero-order valence-electron chi connectivity index (χ0n) is 9.31. The molecule has 0 radical (unpaired) electrons. The maximum absolute atomic E-state index is 5.11. The van der Waals surface area contributed by atoms with E-state index >= 15 is 0 Å². The molecule has 0 aliphatic carbocycles. The number of fused-ring (bicyclic) bond motifs is 1. The van der Waals surface area contributed by atoms with Gasteiger partial charge < -0.3 is 10.1 Å².